The molecular formula is C40H46O8. The van der Waals surface area contributed by atoms with Gasteiger partial charge in [-0.1, -0.05) is 84.9 Å². The van der Waals surface area contributed by atoms with Crippen molar-refractivity contribution in [3.8, 4) is 11.5 Å². The van der Waals surface area contributed by atoms with Crippen LogP contribution in [0.15, 0.2) is 115 Å². The first kappa shape index (κ1) is 37.4. The monoisotopic (exact) mass is 654 g/mol. The highest BCUT2D eigenvalue weighted by molar-refractivity contribution is 5.91. The molecule has 0 N–H and O–H groups in total. The maximum Gasteiger partial charge on any atom is 0.373 e. The van der Waals surface area contributed by atoms with Gasteiger partial charge in [-0.05, 0) is 80.3 Å². The van der Waals surface area contributed by atoms with Crippen LogP contribution >= 0.6 is 0 Å². The maximum absolute atomic E-state index is 11.9. The average molecular weight is 655 g/mol. The molecule has 0 heterocycles. The van der Waals surface area contributed by atoms with Gasteiger partial charge in [-0.2, -0.15) is 0 Å². The van der Waals surface area contributed by atoms with E-state index in [0.29, 0.717) is 46.1 Å². The normalized spacial score (nSPS) is 11.4. The van der Waals surface area contributed by atoms with E-state index in [4.69, 9.17) is 28.4 Å². The van der Waals surface area contributed by atoms with E-state index in [1.54, 1.807) is 19.9 Å². The van der Waals surface area contributed by atoms with Gasteiger partial charge in [0.2, 0.25) is 5.76 Å². The van der Waals surface area contributed by atoms with Crippen LogP contribution in [0.1, 0.15) is 49.9 Å². The molecule has 0 fully saturated rings. The summed E-state index contributed by atoms with van der Waals surface area (Å²) in [5, 5.41) is 0. The van der Waals surface area contributed by atoms with Crippen molar-refractivity contribution in [3.05, 3.63) is 137 Å². The fraction of sp³-hybridized carbons (Fsp3) is 0.300. The Morgan fingerprint density at radius 1 is 0.562 bits per heavy atom. The van der Waals surface area contributed by atoms with Crippen molar-refractivity contribution < 1.29 is 38.0 Å². The van der Waals surface area contributed by atoms with Crippen molar-refractivity contribution in [2.45, 2.75) is 53.4 Å². The Kier molecular flexibility index (Phi) is 16.9. The molecule has 0 aliphatic rings. The topological polar surface area (TPSA) is 89.5 Å². The van der Waals surface area contributed by atoms with Gasteiger partial charge < -0.3 is 28.4 Å². The fourth-order valence-corrected chi connectivity index (χ4v) is 4.39. The van der Waals surface area contributed by atoms with Crippen molar-refractivity contribution in [1.82, 2.24) is 0 Å². The zero-order valence-electron chi connectivity index (χ0n) is 28.3. The van der Waals surface area contributed by atoms with Gasteiger partial charge in [-0.3, -0.25) is 0 Å². The summed E-state index contributed by atoms with van der Waals surface area (Å²) >= 11 is 0. The Hall–Kier alpha value is -5.08. The molecule has 8 heteroatoms. The summed E-state index contributed by atoms with van der Waals surface area (Å²) < 4.78 is 32.4. The lowest BCUT2D eigenvalue weighted by atomic mass is 10.1. The second kappa shape index (κ2) is 21.7. The van der Waals surface area contributed by atoms with E-state index in [-0.39, 0.29) is 11.7 Å². The highest BCUT2D eigenvalue weighted by atomic mass is 16.6. The molecule has 0 saturated heterocycles. The van der Waals surface area contributed by atoms with E-state index < -0.39 is 12.1 Å². The standard InChI is InChI=1S/C20H24O4.C20H22O4/c2*1-3-22-19(20(21)23-4-2)14-16-10-12-18(13-11-16)24-15-17-8-6-5-7-9-17/h5-13,19H,3-4,14-15H2,1-2H3;5-14H,3-4,15H2,1-2H3. The quantitative estimate of drug-likeness (QED) is 0.0643. The zero-order chi connectivity index (χ0) is 34.4. The van der Waals surface area contributed by atoms with Crippen molar-refractivity contribution in [1.29, 1.82) is 0 Å². The minimum Gasteiger partial charge on any atom is -0.489 e. The van der Waals surface area contributed by atoms with Crippen LogP contribution < -0.4 is 9.47 Å². The van der Waals surface area contributed by atoms with Crippen LogP contribution in [-0.4, -0.2) is 44.5 Å². The smallest absolute Gasteiger partial charge is 0.373 e. The van der Waals surface area contributed by atoms with Crippen LogP contribution in [0.2, 0.25) is 0 Å². The molecule has 0 aliphatic heterocycles. The molecule has 0 saturated carbocycles. The fourth-order valence-electron chi connectivity index (χ4n) is 4.39. The predicted molar refractivity (Wildman–Crippen MR) is 186 cm³/mol. The van der Waals surface area contributed by atoms with Crippen molar-refractivity contribution in [3.63, 3.8) is 0 Å². The third-order valence-corrected chi connectivity index (χ3v) is 6.71. The van der Waals surface area contributed by atoms with Crippen LogP contribution in [0.25, 0.3) is 6.08 Å². The molecule has 0 aromatic heterocycles. The molecule has 0 aliphatic carbocycles. The minimum absolute atomic E-state index is 0.206. The molecule has 1 unspecified atom stereocenters. The van der Waals surface area contributed by atoms with E-state index in [2.05, 4.69) is 0 Å². The van der Waals surface area contributed by atoms with Crippen molar-refractivity contribution >= 4 is 18.0 Å². The number of hydrogen-bond donors (Lipinski definition) is 0. The third-order valence-electron chi connectivity index (χ3n) is 6.71. The summed E-state index contributed by atoms with van der Waals surface area (Å²) in [5.74, 6) is 1.00. The predicted octanol–water partition coefficient (Wildman–Crippen LogP) is 7.98. The average Bonchev–Trinajstić information content (AvgIpc) is 3.12. The maximum atomic E-state index is 11.9. The van der Waals surface area contributed by atoms with Gasteiger partial charge in [0.25, 0.3) is 0 Å². The summed E-state index contributed by atoms with van der Waals surface area (Å²) in [6.07, 6.45) is 1.60. The molecule has 0 spiro atoms. The van der Waals surface area contributed by atoms with Gasteiger partial charge in [-0.15, -0.1) is 0 Å². The van der Waals surface area contributed by atoms with Crippen LogP contribution in [0.5, 0.6) is 11.5 Å². The van der Waals surface area contributed by atoms with Crippen molar-refractivity contribution in [2.75, 3.05) is 26.4 Å². The zero-order valence-corrected chi connectivity index (χ0v) is 28.3. The molecular weight excluding hydrogens is 608 g/mol. The van der Waals surface area contributed by atoms with E-state index in [1.165, 1.54) is 0 Å². The summed E-state index contributed by atoms with van der Waals surface area (Å²) in [6, 6.07) is 35.2. The number of rotatable bonds is 17. The lowest BCUT2D eigenvalue weighted by Crippen LogP contribution is -2.28. The first-order chi connectivity index (χ1) is 23.4. The molecule has 0 bridgehead atoms. The Bertz CT molecular complexity index is 1500. The SMILES string of the molecule is CCOC(=O)C(=Cc1ccc(OCc2ccccc2)cc1)OCC.CCOC(=O)C(Cc1ccc(OCc2ccccc2)cc1)OCC. The van der Waals surface area contributed by atoms with E-state index in [1.807, 2.05) is 123 Å². The molecule has 8 nitrogen and oxygen atoms in total. The number of hydrogen-bond acceptors (Lipinski definition) is 8. The van der Waals surface area contributed by atoms with Gasteiger partial charge in [0.15, 0.2) is 6.10 Å². The Morgan fingerprint density at radius 2 is 1.06 bits per heavy atom. The van der Waals surface area contributed by atoms with E-state index in [0.717, 1.165) is 33.8 Å². The Morgan fingerprint density at radius 3 is 1.54 bits per heavy atom. The van der Waals surface area contributed by atoms with Gasteiger partial charge in [0.05, 0.1) is 19.8 Å². The summed E-state index contributed by atoms with van der Waals surface area (Å²) in [7, 11) is 0. The second-order valence-electron chi connectivity index (χ2n) is 10.3. The van der Waals surface area contributed by atoms with E-state index >= 15 is 0 Å². The molecule has 48 heavy (non-hydrogen) atoms. The number of benzene rings is 4. The van der Waals surface area contributed by atoms with Gasteiger partial charge in [0, 0.05) is 13.0 Å². The van der Waals surface area contributed by atoms with Crippen LogP contribution in [0.4, 0.5) is 0 Å². The lowest BCUT2D eigenvalue weighted by molar-refractivity contribution is -0.156. The molecule has 4 aromatic rings. The first-order valence-corrected chi connectivity index (χ1v) is 16.3. The summed E-state index contributed by atoms with van der Waals surface area (Å²) in [4.78, 5) is 23.7. The Labute approximate surface area is 284 Å². The molecule has 1 atom stereocenters. The summed E-state index contributed by atoms with van der Waals surface area (Å²) in [5.41, 5.74) is 4.09. The largest absolute Gasteiger partial charge is 0.489 e. The van der Waals surface area contributed by atoms with Crippen molar-refractivity contribution in [2.24, 2.45) is 0 Å². The highest BCUT2D eigenvalue weighted by Gasteiger charge is 2.20. The second-order valence-corrected chi connectivity index (χ2v) is 10.3. The molecule has 0 amide bonds. The first-order valence-electron chi connectivity index (χ1n) is 16.3. The summed E-state index contributed by atoms with van der Waals surface area (Å²) in [6.45, 7) is 9.85. The number of carbonyl (C=O) groups excluding carboxylic acids is 2. The van der Waals surface area contributed by atoms with Crippen LogP contribution in [-0.2, 0) is 48.2 Å². The van der Waals surface area contributed by atoms with E-state index in [9.17, 15) is 9.59 Å². The van der Waals surface area contributed by atoms with Gasteiger partial charge in [0.1, 0.15) is 24.7 Å². The third kappa shape index (κ3) is 13.7. The van der Waals surface area contributed by atoms with Crippen LogP contribution in [0, 0.1) is 0 Å². The van der Waals surface area contributed by atoms with Crippen LogP contribution in [0.3, 0.4) is 0 Å². The van der Waals surface area contributed by atoms with Gasteiger partial charge in [-0.25, -0.2) is 9.59 Å². The molecule has 0 radical (unpaired) electrons. The van der Waals surface area contributed by atoms with Gasteiger partial charge >= 0.3 is 11.9 Å². The molecule has 4 rings (SSSR count). The highest BCUT2D eigenvalue weighted by Crippen LogP contribution is 2.18. The molecule has 254 valence electrons. The molecule has 4 aromatic carbocycles. The number of carbonyl (C=O) groups is 2. The number of esters is 2. The minimum atomic E-state index is -0.564. The number of ether oxygens (including phenoxy) is 6. The Balaban J connectivity index is 0.000000260. The lowest BCUT2D eigenvalue weighted by Gasteiger charge is -2.15.